The van der Waals surface area contributed by atoms with E-state index in [0.29, 0.717) is 36.0 Å². The molecule has 1 saturated heterocycles. The van der Waals surface area contributed by atoms with Gasteiger partial charge in [0.25, 0.3) is 5.91 Å². The van der Waals surface area contributed by atoms with Crippen molar-refractivity contribution in [2.24, 2.45) is 10.9 Å². The van der Waals surface area contributed by atoms with E-state index in [9.17, 15) is 18.0 Å². The minimum atomic E-state index is -3.63. The Morgan fingerprint density at radius 2 is 1.68 bits per heavy atom. The fourth-order valence-corrected chi connectivity index (χ4v) is 6.77. The first-order valence-corrected chi connectivity index (χ1v) is 14.5. The molecule has 1 aliphatic rings. The number of carbonyl (C=O) groups is 2. The molecule has 1 amide bonds. The number of sulfonamides is 1. The second-order valence-electron chi connectivity index (χ2n) is 8.98. The highest BCUT2D eigenvalue weighted by Gasteiger charge is 2.28. The van der Waals surface area contributed by atoms with Crippen molar-refractivity contribution < 1.29 is 32.2 Å². The van der Waals surface area contributed by atoms with Crippen molar-refractivity contribution in [1.29, 1.82) is 0 Å². The minimum absolute atomic E-state index is 0.141. The van der Waals surface area contributed by atoms with Gasteiger partial charge in [0.05, 0.1) is 35.9 Å². The third-order valence-corrected chi connectivity index (χ3v) is 9.41. The molecule has 0 radical (unpaired) electrons. The van der Waals surface area contributed by atoms with Crippen molar-refractivity contribution in [3.05, 3.63) is 46.8 Å². The number of aromatic nitrogens is 1. The van der Waals surface area contributed by atoms with E-state index in [-0.39, 0.29) is 28.4 Å². The molecular formula is C26H31N3O7S2. The highest BCUT2D eigenvalue weighted by atomic mass is 32.2. The van der Waals surface area contributed by atoms with Gasteiger partial charge < -0.3 is 18.8 Å². The van der Waals surface area contributed by atoms with Gasteiger partial charge in [-0.25, -0.2) is 8.42 Å². The Morgan fingerprint density at radius 3 is 2.29 bits per heavy atom. The van der Waals surface area contributed by atoms with Gasteiger partial charge >= 0.3 is 5.97 Å². The number of piperidine rings is 1. The van der Waals surface area contributed by atoms with Crippen molar-refractivity contribution in [2.75, 3.05) is 33.9 Å². The number of hydrogen-bond donors (Lipinski definition) is 0. The van der Waals surface area contributed by atoms with Gasteiger partial charge in [-0.3, -0.25) is 9.59 Å². The average Bonchev–Trinajstić information content (AvgIpc) is 3.23. The van der Waals surface area contributed by atoms with Crippen molar-refractivity contribution in [2.45, 2.75) is 38.1 Å². The normalized spacial score (nSPS) is 15.5. The van der Waals surface area contributed by atoms with Crippen molar-refractivity contribution in [3.8, 4) is 11.5 Å². The summed E-state index contributed by atoms with van der Waals surface area (Å²) >= 11 is 1.21. The Bertz CT molecular complexity index is 1500. The van der Waals surface area contributed by atoms with Crippen LogP contribution in [0.3, 0.4) is 0 Å². The van der Waals surface area contributed by atoms with Gasteiger partial charge in [0.15, 0.2) is 16.3 Å². The number of methoxy groups -OCH3 is 2. The van der Waals surface area contributed by atoms with Gasteiger partial charge in [-0.2, -0.15) is 9.30 Å². The van der Waals surface area contributed by atoms with Crippen LogP contribution in [0.2, 0.25) is 0 Å². The third kappa shape index (κ3) is 5.77. The zero-order chi connectivity index (χ0) is 27.4. The summed E-state index contributed by atoms with van der Waals surface area (Å²) in [4.78, 5) is 30.1. The minimum Gasteiger partial charge on any atom is -0.493 e. The Kier molecular flexibility index (Phi) is 8.54. The molecule has 204 valence electrons. The van der Waals surface area contributed by atoms with E-state index >= 15 is 0 Å². The number of fused-ring (bicyclic) bond motifs is 1. The zero-order valence-corrected chi connectivity index (χ0v) is 23.4. The highest BCUT2D eigenvalue weighted by molar-refractivity contribution is 7.89. The number of benzene rings is 2. The number of amides is 1. The van der Waals surface area contributed by atoms with Crippen molar-refractivity contribution in [3.63, 3.8) is 0 Å². The van der Waals surface area contributed by atoms with Gasteiger partial charge in [-0.05, 0) is 49.9 Å². The maximum atomic E-state index is 13.1. The molecule has 3 aromatic rings. The lowest BCUT2D eigenvalue weighted by molar-refractivity contribution is -0.143. The van der Waals surface area contributed by atoms with E-state index < -0.39 is 21.9 Å². The number of rotatable bonds is 8. The molecular weight excluding hydrogens is 530 g/mol. The average molecular weight is 562 g/mol. The monoisotopic (exact) mass is 561 g/mol. The number of ether oxygens (including phenoxy) is 3. The highest BCUT2D eigenvalue weighted by Crippen LogP contribution is 2.33. The lowest BCUT2D eigenvalue weighted by Crippen LogP contribution is -2.37. The van der Waals surface area contributed by atoms with Crippen LogP contribution < -0.4 is 14.3 Å². The van der Waals surface area contributed by atoms with Gasteiger partial charge in [0, 0.05) is 30.8 Å². The van der Waals surface area contributed by atoms with Gasteiger partial charge in [0.2, 0.25) is 10.0 Å². The number of thiazole rings is 1. The van der Waals surface area contributed by atoms with E-state index in [0.717, 1.165) is 17.5 Å². The molecule has 2 heterocycles. The van der Waals surface area contributed by atoms with E-state index in [1.807, 2.05) is 0 Å². The first-order valence-electron chi connectivity index (χ1n) is 12.3. The standard InChI is InChI=1S/C26H31N3O7S2/c1-5-36-24(30)16-29-20-14-21(34-3)22(35-4)15-23(20)37-26(29)27-25(31)18-6-8-19(9-7-18)38(32,33)28-12-10-17(2)11-13-28/h6-9,14-15,17H,5,10-13,16H2,1-4H3. The molecule has 2 aromatic carbocycles. The first kappa shape index (κ1) is 27.8. The fourth-order valence-electron chi connectivity index (χ4n) is 4.27. The molecule has 0 N–H and O–H groups in total. The van der Waals surface area contributed by atoms with Crippen LogP contribution in [0.25, 0.3) is 10.2 Å². The van der Waals surface area contributed by atoms with Crippen LogP contribution in [-0.4, -0.2) is 63.1 Å². The summed E-state index contributed by atoms with van der Waals surface area (Å²) in [5.41, 5.74) is 0.857. The predicted octanol–water partition coefficient (Wildman–Crippen LogP) is 3.44. The Hall–Kier alpha value is -3.22. The number of hydrogen-bond acceptors (Lipinski definition) is 8. The third-order valence-electron chi connectivity index (χ3n) is 6.46. The lowest BCUT2D eigenvalue weighted by Gasteiger charge is -2.29. The molecule has 1 fully saturated rings. The second-order valence-corrected chi connectivity index (χ2v) is 11.9. The maximum absolute atomic E-state index is 13.1. The number of nitrogens with zero attached hydrogens (tertiary/aromatic N) is 3. The maximum Gasteiger partial charge on any atom is 0.326 e. The number of carbonyl (C=O) groups excluding carboxylic acids is 2. The molecule has 1 aliphatic heterocycles. The van der Waals surface area contributed by atoms with Crippen LogP contribution in [0, 0.1) is 5.92 Å². The Morgan fingerprint density at radius 1 is 1.05 bits per heavy atom. The Labute approximate surface area is 225 Å². The summed E-state index contributed by atoms with van der Waals surface area (Å²) in [6.45, 7) is 4.88. The molecule has 1 aromatic heterocycles. The van der Waals surface area contributed by atoms with E-state index in [2.05, 4.69) is 11.9 Å². The van der Waals surface area contributed by atoms with E-state index in [1.165, 1.54) is 54.1 Å². The van der Waals surface area contributed by atoms with Crippen LogP contribution >= 0.6 is 11.3 Å². The second kappa shape index (κ2) is 11.7. The zero-order valence-electron chi connectivity index (χ0n) is 21.8. The predicted molar refractivity (Wildman–Crippen MR) is 143 cm³/mol. The fraction of sp³-hybridized carbons (Fsp3) is 0.423. The van der Waals surface area contributed by atoms with E-state index in [1.54, 1.807) is 23.6 Å². The molecule has 0 saturated carbocycles. The van der Waals surface area contributed by atoms with Crippen LogP contribution in [0.5, 0.6) is 11.5 Å². The van der Waals surface area contributed by atoms with E-state index in [4.69, 9.17) is 14.2 Å². The van der Waals surface area contributed by atoms with Crippen LogP contribution in [0.1, 0.15) is 37.0 Å². The summed E-state index contributed by atoms with van der Waals surface area (Å²) in [6.07, 6.45) is 1.65. The molecule has 4 rings (SSSR count). The van der Waals surface area contributed by atoms with Crippen LogP contribution in [0.15, 0.2) is 46.3 Å². The quantitative estimate of drug-likeness (QED) is 0.387. The van der Waals surface area contributed by atoms with Crippen molar-refractivity contribution in [1.82, 2.24) is 8.87 Å². The van der Waals surface area contributed by atoms with Crippen molar-refractivity contribution >= 4 is 43.5 Å². The lowest BCUT2D eigenvalue weighted by atomic mass is 10.0. The molecule has 0 aliphatic carbocycles. The largest absolute Gasteiger partial charge is 0.493 e. The summed E-state index contributed by atoms with van der Waals surface area (Å²) in [5.74, 6) is 0.433. The summed E-state index contributed by atoms with van der Waals surface area (Å²) in [5, 5.41) is 0. The summed E-state index contributed by atoms with van der Waals surface area (Å²) in [6, 6.07) is 9.26. The molecule has 12 heteroatoms. The van der Waals surface area contributed by atoms with Crippen LogP contribution in [0.4, 0.5) is 0 Å². The number of esters is 1. The summed E-state index contributed by atoms with van der Waals surface area (Å²) in [7, 11) is -0.596. The smallest absolute Gasteiger partial charge is 0.326 e. The topological polar surface area (TPSA) is 117 Å². The van der Waals surface area contributed by atoms with Gasteiger partial charge in [-0.15, -0.1) is 0 Å². The molecule has 0 unspecified atom stereocenters. The van der Waals surface area contributed by atoms with Crippen LogP contribution in [-0.2, 0) is 26.1 Å². The molecule has 0 bridgehead atoms. The Balaban J connectivity index is 1.69. The van der Waals surface area contributed by atoms with Gasteiger partial charge in [-0.1, -0.05) is 18.3 Å². The summed E-state index contributed by atoms with van der Waals surface area (Å²) < 4.78 is 45.8. The molecule has 0 atom stereocenters. The SMILES string of the molecule is CCOC(=O)Cn1c(=NC(=O)c2ccc(S(=O)(=O)N3CCC(C)CC3)cc2)sc2cc(OC)c(OC)cc21. The molecule has 38 heavy (non-hydrogen) atoms. The first-order chi connectivity index (χ1) is 18.2. The molecule has 10 nitrogen and oxygen atoms in total. The van der Waals surface area contributed by atoms with Gasteiger partial charge in [0.1, 0.15) is 6.54 Å². The molecule has 0 spiro atoms.